The smallest absolute Gasteiger partial charge is 0.225 e. The fraction of sp³-hybridized carbons (Fsp3) is 0.286. The average Bonchev–Trinajstić information content (AvgIpc) is 2.68. The molecule has 7 heteroatoms. The van der Waals surface area contributed by atoms with Crippen LogP contribution < -0.4 is 10.6 Å². The van der Waals surface area contributed by atoms with Gasteiger partial charge >= 0.3 is 0 Å². The molecule has 6 nitrogen and oxygen atoms in total. The minimum Gasteiger partial charge on any atom is -0.354 e. The van der Waals surface area contributed by atoms with Gasteiger partial charge in [-0.2, -0.15) is 4.98 Å². The van der Waals surface area contributed by atoms with Crippen molar-refractivity contribution >= 4 is 33.4 Å². The highest BCUT2D eigenvalue weighted by atomic mass is 79.9. The third-order valence-corrected chi connectivity index (χ3v) is 4.81. The van der Waals surface area contributed by atoms with Gasteiger partial charge in [0, 0.05) is 35.0 Å². The molecule has 0 amide bonds. The third-order valence-electron chi connectivity index (χ3n) is 4.15. The molecule has 0 aliphatic heterocycles. The number of pyridine rings is 1. The molecule has 0 unspecified atom stereocenters. The summed E-state index contributed by atoms with van der Waals surface area (Å²) in [5.74, 6) is 1.35. The summed E-state index contributed by atoms with van der Waals surface area (Å²) in [6.07, 6.45) is 4.55. The summed E-state index contributed by atoms with van der Waals surface area (Å²) in [6.45, 7) is 3.89. The van der Waals surface area contributed by atoms with Crippen LogP contribution in [0.15, 0.2) is 53.3 Å². The number of aromatic nitrogens is 3. The molecule has 0 atom stereocenters. The maximum Gasteiger partial charge on any atom is 0.225 e. The lowest BCUT2D eigenvalue weighted by atomic mass is 10.2. The van der Waals surface area contributed by atoms with E-state index >= 15 is 0 Å². The summed E-state index contributed by atoms with van der Waals surface area (Å²) in [6, 6.07) is 12.0. The van der Waals surface area contributed by atoms with Crippen molar-refractivity contribution in [3.63, 3.8) is 0 Å². The average molecular weight is 441 g/mol. The zero-order chi connectivity index (χ0) is 19.9. The Bertz CT molecular complexity index is 914. The van der Waals surface area contributed by atoms with Crippen LogP contribution >= 0.6 is 15.9 Å². The number of hydrogen-bond donors (Lipinski definition) is 2. The van der Waals surface area contributed by atoms with Gasteiger partial charge in [0.1, 0.15) is 5.82 Å². The summed E-state index contributed by atoms with van der Waals surface area (Å²) in [5.41, 5.74) is 4.00. The monoisotopic (exact) mass is 440 g/mol. The van der Waals surface area contributed by atoms with Crippen molar-refractivity contribution in [1.82, 2.24) is 19.9 Å². The molecular weight excluding hydrogens is 416 g/mol. The van der Waals surface area contributed by atoms with Crippen molar-refractivity contribution < 1.29 is 0 Å². The van der Waals surface area contributed by atoms with Gasteiger partial charge < -0.3 is 15.5 Å². The topological polar surface area (TPSA) is 66.0 Å². The largest absolute Gasteiger partial charge is 0.354 e. The second-order valence-corrected chi connectivity index (χ2v) is 7.74. The Balaban J connectivity index is 1.86. The second-order valence-electron chi connectivity index (χ2n) is 6.89. The van der Waals surface area contributed by atoms with E-state index in [1.165, 1.54) is 5.56 Å². The van der Waals surface area contributed by atoms with E-state index in [0.29, 0.717) is 5.95 Å². The Kier molecular flexibility index (Phi) is 6.95. The van der Waals surface area contributed by atoms with E-state index in [1.54, 1.807) is 12.4 Å². The minimum atomic E-state index is 0.610. The molecule has 0 saturated carbocycles. The van der Waals surface area contributed by atoms with Crippen molar-refractivity contribution in [2.75, 3.05) is 37.8 Å². The number of nitrogens with zero attached hydrogens (tertiary/aromatic N) is 4. The third kappa shape index (κ3) is 5.74. The zero-order valence-corrected chi connectivity index (χ0v) is 18.0. The molecule has 0 bridgehead atoms. The van der Waals surface area contributed by atoms with E-state index in [1.807, 2.05) is 24.3 Å². The highest BCUT2D eigenvalue weighted by Gasteiger charge is 2.09. The van der Waals surface area contributed by atoms with Gasteiger partial charge in [0.2, 0.25) is 5.95 Å². The predicted octanol–water partition coefficient (Wildman–Crippen LogP) is 4.72. The predicted molar refractivity (Wildman–Crippen MR) is 119 cm³/mol. The van der Waals surface area contributed by atoms with Crippen LogP contribution in [-0.4, -0.2) is 47.0 Å². The lowest BCUT2D eigenvalue weighted by Gasteiger charge is -2.13. The standard InChI is InChI=1S/C21H25BrN6/c1-15-5-6-18(17(22)13-15)25-20-14-19(16-7-10-23-11-8-16)26-21(27-20)24-9-4-12-28(2)3/h5-8,10-11,13-14H,4,9,12H2,1-3H3,(H2,24,25,26,27). The van der Waals surface area contributed by atoms with Gasteiger partial charge in [-0.1, -0.05) is 6.07 Å². The van der Waals surface area contributed by atoms with Crippen LogP contribution in [-0.2, 0) is 0 Å². The van der Waals surface area contributed by atoms with Gasteiger partial charge in [0.25, 0.3) is 0 Å². The first-order valence-corrected chi connectivity index (χ1v) is 10.0. The molecule has 146 valence electrons. The summed E-state index contributed by atoms with van der Waals surface area (Å²) >= 11 is 3.62. The molecule has 0 aliphatic carbocycles. The highest BCUT2D eigenvalue weighted by Crippen LogP contribution is 2.28. The molecule has 0 radical (unpaired) electrons. The SMILES string of the molecule is Cc1ccc(Nc2cc(-c3ccncc3)nc(NCCCN(C)C)n2)c(Br)c1. The molecule has 0 spiro atoms. The van der Waals surface area contributed by atoms with Crippen LogP contribution in [0.1, 0.15) is 12.0 Å². The van der Waals surface area contributed by atoms with Crippen LogP contribution in [0.5, 0.6) is 0 Å². The first-order chi connectivity index (χ1) is 13.5. The zero-order valence-electron chi connectivity index (χ0n) is 16.4. The van der Waals surface area contributed by atoms with Crippen molar-refractivity contribution in [3.8, 4) is 11.3 Å². The lowest BCUT2D eigenvalue weighted by molar-refractivity contribution is 0.405. The van der Waals surface area contributed by atoms with Crippen LogP contribution in [0.4, 0.5) is 17.5 Å². The molecule has 3 aromatic rings. The Morgan fingerprint density at radius 3 is 2.54 bits per heavy atom. The van der Waals surface area contributed by atoms with Crippen LogP contribution in [0.25, 0.3) is 11.3 Å². The van der Waals surface area contributed by atoms with Gasteiger partial charge in [-0.05, 0) is 79.7 Å². The van der Waals surface area contributed by atoms with E-state index < -0.39 is 0 Å². The molecule has 0 fully saturated rings. The fourth-order valence-corrected chi connectivity index (χ4v) is 3.31. The number of hydrogen-bond acceptors (Lipinski definition) is 6. The summed E-state index contributed by atoms with van der Waals surface area (Å²) in [5, 5.41) is 6.74. The van der Waals surface area contributed by atoms with Crippen molar-refractivity contribution in [2.45, 2.75) is 13.3 Å². The molecule has 2 heterocycles. The molecule has 28 heavy (non-hydrogen) atoms. The van der Waals surface area contributed by atoms with Crippen LogP contribution in [0.3, 0.4) is 0 Å². The molecule has 0 saturated heterocycles. The van der Waals surface area contributed by atoms with Gasteiger partial charge in [0.15, 0.2) is 0 Å². The van der Waals surface area contributed by atoms with Gasteiger partial charge in [-0.25, -0.2) is 4.98 Å². The number of anilines is 3. The number of nitrogens with one attached hydrogen (secondary N) is 2. The molecule has 2 aromatic heterocycles. The van der Waals surface area contributed by atoms with Crippen LogP contribution in [0, 0.1) is 6.92 Å². The maximum absolute atomic E-state index is 4.68. The van der Waals surface area contributed by atoms with E-state index in [4.69, 9.17) is 0 Å². The second kappa shape index (κ2) is 9.61. The van der Waals surface area contributed by atoms with E-state index in [9.17, 15) is 0 Å². The lowest BCUT2D eigenvalue weighted by Crippen LogP contribution is -2.17. The normalized spacial score (nSPS) is 10.9. The van der Waals surface area contributed by atoms with Crippen molar-refractivity contribution in [1.29, 1.82) is 0 Å². The summed E-state index contributed by atoms with van der Waals surface area (Å²) in [4.78, 5) is 15.6. The Morgan fingerprint density at radius 1 is 1.04 bits per heavy atom. The Labute approximate surface area is 174 Å². The number of aryl methyl sites for hydroxylation is 1. The van der Waals surface area contributed by atoms with Crippen molar-refractivity contribution in [2.24, 2.45) is 0 Å². The van der Waals surface area contributed by atoms with Gasteiger partial charge in [-0.3, -0.25) is 4.98 Å². The van der Waals surface area contributed by atoms with E-state index in [0.717, 1.165) is 46.7 Å². The maximum atomic E-state index is 4.68. The molecule has 3 rings (SSSR count). The van der Waals surface area contributed by atoms with Gasteiger partial charge in [-0.15, -0.1) is 0 Å². The molecular formula is C21H25BrN6. The summed E-state index contributed by atoms with van der Waals surface area (Å²) < 4.78 is 0.997. The first kappa shape index (κ1) is 20.2. The number of halogens is 1. The highest BCUT2D eigenvalue weighted by molar-refractivity contribution is 9.10. The van der Waals surface area contributed by atoms with Crippen LogP contribution in [0.2, 0.25) is 0 Å². The first-order valence-electron chi connectivity index (χ1n) is 9.22. The Morgan fingerprint density at radius 2 is 1.82 bits per heavy atom. The van der Waals surface area contributed by atoms with Crippen molar-refractivity contribution in [3.05, 3.63) is 58.8 Å². The number of rotatable bonds is 8. The molecule has 2 N–H and O–H groups in total. The molecule has 1 aromatic carbocycles. The number of benzene rings is 1. The Hall–Kier alpha value is -2.51. The quantitative estimate of drug-likeness (QED) is 0.494. The van der Waals surface area contributed by atoms with Gasteiger partial charge in [0.05, 0.1) is 11.4 Å². The minimum absolute atomic E-state index is 0.610. The molecule has 0 aliphatic rings. The van der Waals surface area contributed by atoms with E-state index in [-0.39, 0.29) is 0 Å². The van der Waals surface area contributed by atoms with E-state index in [2.05, 4.69) is 79.6 Å². The fourth-order valence-electron chi connectivity index (χ4n) is 2.72. The summed E-state index contributed by atoms with van der Waals surface area (Å²) in [7, 11) is 4.14.